The van der Waals surface area contributed by atoms with Crippen LogP contribution in [0.4, 0.5) is 13.2 Å². The maximum Gasteiger partial charge on any atom is 0.416 e. The van der Waals surface area contributed by atoms with Crippen molar-refractivity contribution >= 4 is 17.5 Å². The molecule has 0 spiro atoms. The first-order chi connectivity index (χ1) is 7.70. The zero-order valence-electron chi connectivity index (χ0n) is 8.84. The van der Waals surface area contributed by atoms with Crippen LogP contribution in [0.15, 0.2) is 18.2 Å². The van der Waals surface area contributed by atoms with Gasteiger partial charge >= 0.3 is 12.1 Å². The second-order valence-electron chi connectivity index (χ2n) is 3.40. The summed E-state index contributed by atoms with van der Waals surface area (Å²) in [7, 11) is 0. The van der Waals surface area contributed by atoms with Gasteiger partial charge in [-0.25, -0.2) is 4.79 Å². The topological polar surface area (TPSA) is 53.9 Å². The maximum atomic E-state index is 12.5. The molecule has 0 aliphatic carbocycles. The number of ether oxygens (including phenoxy) is 1. The average Bonchev–Trinajstić information content (AvgIpc) is 2.15. The van der Waals surface area contributed by atoms with E-state index in [0.29, 0.717) is 0 Å². The Kier molecular flexibility index (Phi) is 4.00. The molecule has 1 rings (SSSR count). The number of amides is 1. The number of hydrogen-bond donors (Lipinski definition) is 1. The highest BCUT2D eigenvalue weighted by Crippen LogP contribution is 2.34. The van der Waals surface area contributed by atoms with Gasteiger partial charge in [0.25, 0.3) is 0 Å². The van der Waals surface area contributed by atoms with Crippen molar-refractivity contribution in [3.8, 4) is 5.75 Å². The number of carbonyl (C=O) groups excluding carboxylic acids is 1. The predicted octanol–water partition coefficient (Wildman–Crippen LogP) is 1.89. The highest BCUT2D eigenvalue weighted by Gasteiger charge is 2.31. The maximum absolute atomic E-state index is 12.5. The molecule has 17 heavy (non-hydrogen) atoms. The minimum Gasteiger partial charge on any atom is -0.476 e. The molecule has 1 aromatic rings. The molecule has 0 fully saturated rings. The molecule has 1 amide bonds. The average molecular weight is 269 g/mol. The molecule has 0 radical (unpaired) electrons. The van der Waals surface area contributed by atoms with Gasteiger partial charge in [0.1, 0.15) is 5.75 Å². The van der Waals surface area contributed by atoms with Crippen LogP contribution in [0, 0.1) is 0 Å². The number of benzene rings is 1. The molecular weight excluding hydrogens is 259 g/mol. The van der Waals surface area contributed by atoms with E-state index in [-0.39, 0.29) is 10.8 Å². The van der Waals surface area contributed by atoms with Crippen molar-refractivity contribution < 1.29 is 28.4 Å². The lowest BCUT2D eigenvalue weighted by molar-refractivity contribution is -0.312. The molecule has 0 saturated carbocycles. The fraction of sp³-hybridized carbons (Fsp3) is 0.300. The number of quaternary nitrogens is 1. The molecule has 1 atom stereocenters. The van der Waals surface area contributed by atoms with Crippen LogP contribution in [0.2, 0.25) is 5.02 Å². The summed E-state index contributed by atoms with van der Waals surface area (Å²) < 4.78 is 42.3. The summed E-state index contributed by atoms with van der Waals surface area (Å²) in [6.45, 7) is 1.39. The predicted molar refractivity (Wildman–Crippen MR) is 54.4 cm³/mol. The van der Waals surface area contributed by atoms with E-state index in [2.05, 4.69) is 5.73 Å². The van der Waals surface area contributed by atoms with Crippen LogP contribution in [-0.4, -0.2) is 12.0 Å². The molecule has 0 aromatic heterocycles. The van der Waals surface area contributed by atoms with Crippen LogP contribution < -0.4 is 10.5 Å². The molecule has 0 heterocycles. The Bertz CT molecular complexity index is 434. The van der Waals surface area contributed by atoms with Crippen molar-refractivity contribution in [1.29, 1.82) is 0 Å². The molecule has 94 valence electrons. The third-order valence-electron chi connectivity index (χ3n) is 1.96. The van der Waals surface area contributed by atoms with Crippen LogP contribution in [0.1, 0.15) is 12.5 Å². The molecule has 7 heteroatoms. The minimum atomic E-state index is -4.51. The van der Waals surface area contributed by atoms with Gasteiger partial charge in [0, 0.05) is 5.02 Å². The Morgan fingerprint density at radius 2 is 2.00 bits per heavy atom. The SMILES string of the molecule is CC(Oc1cc(Cl)cc(C(F)(F)F)c1)C([NH3+])=O. The zero-order valence-corrected chi connectivity index (χ0v) is 9.60. The molecule has 0 bridgehead atoms. The lowest BCUT2D eigenvalue weighted by Crippen LogP contribution is -2.62. The number of halogens is 4. The Balaban J connectivity index is 3.02. The van der Waals surface area contributed by atoms with E-state index in [9.17, 15) is 18.0 Å². The number of alkyl halides is 3. The van der Waals surface area contributed by atoms with Crippen molar-refractivity contribution in [1.82, 2.24) is 0 Å². The Hall–Kier alpha value is -1.27. The van der Waals surface area contributed by atoms with Crippen molar-refractivity contribution in [2.24, 2.45) is 0 Å². The molecular formula is C10H10ClF3NO2+. The second kappa shape index (κ2) is 4.93. The van der Waals surface area contributed by atoms with Crippen molar-refractivity contribution in [3.63, 3.8) is 0 Å². The van der Waals surface area contributed by atoms with Crippen LogP contribution in [0.25, 0.3) is 0 Å². The Morgan fingerprint density at radius 3 is 2.47 bits per heavy atom. The van der Waals surface area contributed by atoms with E-state index in [0.717, 1.165) is 12.1 Å². The summed E-state index contributed by atoms with van der Waals surface area (Å²) >= 11 is 5.54. The zero-order chi connectivity index (χ0) is 13.2. The molecule has 3 nitrogen and oxygen atoms in total. The number of hydrogen-bond acceptors (Lipinski definition) is 2. The highest BCUT2D eigenvalue weighted by molar-refractivity contribution is 6.30. The fourth-order valence-electron chi connectivity index (χ4n) is 1.06. The van der Waals surface area contributed by atoms with Gasteiger partial charge in [-0.2, -0.15) is 13.2 Å². The van der Waals surface area contributed by atoms with Crippen LogP contribution in [0.5, 0.6) is 5.75 Å². The molecule has 0 aliphatic heterocycles. The lowest BCUT2D eigenvalue weighted by atomic mass is 10.2. The Labute approximate surface area is 100 Å². The first-order valence-electron chi connectivity index (χ1n) is 4.60. The first kappa shape index (κ1) is 13.8. The number of carbonyl (C=O) groups is 1. The summed E-state index contributed by atoms with van der Waals surface area (Å²) in [5.74, 6) is -0.646. The quantitative estimate of drug-likeness (QED) is 0.910. The van der Waals surface area contributed by atoms with Crippen LogP contribution in [-0.2, 0) is 11.0 Å². The fourth-order valence-corrected chi connectivity index (χ4v) is 1.29. The van der Waals surface area contributed by atoms with Crippen molar-refractivity contribution in [2.75, 3.05) is 0 Å². The first-order valence-corrected chi connectivity index (χ1v) is 4.98. The van der Waals surface area contributed by atoms with Gasteiger partial charge in [-0.3, -0.25) is 5.73 Å². The molecule has 0 saturated heterocycles. The summed E-state index contributed by atoms with van der Waals surface area (Å²) in [4.78, 5) is 10.8. The normalized spacial score (nSPS) is 13.3. The van der Waals surface area contributed by atoms with E-state index in [1.807, 2.05) is 0 Å². The van der Waals surface area contributed by atoms with Crippen LogP contribution in [0.3, 0.4) is 0 Å². The van der Waals surface area contributed by atoms with E-state index < -0.39 is 23.8 Å². The van der Waals surface area contributed by atoms with Gasteiger partial charge in [0.2, 0.25) is 6.10 Å². The van der Waals surface area contributed by atoms with Crippen molar-refractivity contribution in [3.05, 3.63) is 28.8 Å². The monoisotopic (exact) mass is 268 g/mol. The van der Waals surface area contributed by atoms with E-state index in [1.54, 1.807) is 0 Å². The van der Waals surface area contributed by atoms with Crippen LogP contribution >= 0.6 is 11.6 Å². The molecule has 1 aromatic carbocycles. The smallest absolute Gasteiger partial charge is 0.416 e. The summed E-state index contributed by atoms with van der Waals surface area (Å²) in [6.07, 6.45) is -5.43. The highest BCUT2D eigenvalue weighted by atomic mass is 35.5. The van der Waals surface area contributed by atoms with E-state index in [1.165, 1.54) is 13.0 Å². The van der Waals surface area contributed by atoms with Gasteiger partial charge in [0.15, 0.2) is 0 Å². The van der Waals surface area contributed by atoms with E-state index >= 15 is 0 Å². The molecule has 3 N–H and O–H groups in total. The second-order valence-corrected chi connectivity index (χ2v) is 3.84. The molecule has 0 aliphatic rings. The summed E-state index contributed by atoms with van der Waals surface area (Å²) in [5, 5.41) is -0.112. The van der Waals surface area contributed by atoms with Gasteiger partial charge in [-0.15, -0.1) is 0 Å². The standard InChI is InChI=1S/C10H9ClF3NO2/c1-5(9(15)16)17-8-3-6(10(12,13)14)2-7(11)4-8/h2-5H,1H3,(H2,15,16)/p+1. The summed E-state index contributed by atoms with van der Waals surface area (Å²) in [5.41, 5.74) is 2.18. The van der Waals surface area contributed by atoms with Gasteiger partial charge < -0.3 is 4.74 Å². The Morgan fingerprint density at radius 1 is 1.41 bits per heavy atom. The summed E-state index contributed by atoms with van der Waals surface area (Å²) in [6, 6.07) is 2.77. The third kappa shape index (κ3) is 3.90. The lowest BCUT2D eigenvalue weighted by Gasteiger charge is -2.12. The van der Waals surface area contributed by atoms with E-state index in [4.69, 9.17) is 16.3 Å². The van der Waals surface area contributed by atoms with Gasteiger partial charge in [-0.1, -0.05) is 11.6 Å². The molecule has 1 unspecified atom stereocenters. The third-order valence-corrected chi connectivity index (χ3v) is 2.18. The van der Waals surface area contributed by atoms with Gasteiger partial charge in [-0.05, 0) is 25.1 Å². The minimum absolute atomic E-state index is 0.112. The largest absolute Gasteiger partial charge is 0.476 e. The van der Waals surface area contributed by atoms with Crippen molar-refractivity contribution in [2.45, 2.75) is 19.2 Å². The number of rotatable bonds is 3. The van der Waals surface area contributed by atoms with Gasteiger partial charge in [0.05, 0.1) is 5.56 Å².